The van der Waals surface area contributed by atoms with Crippen LogP contribution < -0.4 is 0 Å². The fraction of sp³-hybridized carbons (Fsp3) is 0.548. The zero-order valence-electron chi connectivity index (χ0n) is 23.0. The molecule has 0 spiro atoms. The number of likely N-dealkylation sites (tertiary alicyclic amines) is 1. The highest BCUT2D eigenvalue weighted by Gasteiger charge is 2.56. The van der Waals surface area contributed by atoms with Crippen LogP contribution in [0.1, 0.15) is 73.3 Å². The monoisotopic (exact) mass is 599 g/mol. The summed E-state index contributed by atoms with van der Waals surface area (Å²) in [5.74, 6) is -1.80. The lowest BCUT2D eigenvalue weighted by Gasteiger charge is -2.45. The topological polar surface area (TPSA) is 57.6 Å². The van der Waals surface area contributed by atoms with Crippen molar-refractivity contribution in [2.45, 2.75) is 87.8 Å². The Morgan fingerprint density at radius 2 is 1.48 bits per heavy atom. The van der Waals surface area contributed by atoms with Crippen molar-refractivity contribution in [1.29, 1.82) is 0 Å². The maximum atomic E-state index is 14.9. The second-order valence-corrected chi connectivity index (χ2v) is 12.1. The summed E-state index contributed by atoms with van der Waals surface area (Å²) in [7, 11) is 0. The van der Waals surface area contributed by atoms with E-state index in [1.54, 1.807) is 4.90 Å². The van der Waals surface area contributed by atoms with Gasteiger partial charge in [-0.1, -0.05) is 30.3 Å². The van der Waals surface area contributed by atoms with Crippen molar-refractivity contribution >= 4 is 11.9 Å². The van der Waals surface area contributed by atoms with Crippen LogP contribution in [0.15, 0.2) is 42.5 Å². The van der Waals surface area contributed by atoms with Crippen molar-refractivity contribution in [2.24, 2.45) is 11.8 Å². The molecule has 1 heterocycles. The largest absolute Gasteiger partial charge is 0.481 e. The lowest BCUT2D eigenvalue weighted by atomic mass is 9.63. The van der Waals surface area contributed by atoms with Gasteiger partial charge >= 0.3 is 18.3 Å². The second-order valence-electron chi connectivity index (χ2n) is 12.1. The molecule has 1 N–H and O–H groups in total. The molecule has 2 fully saturated rings. The van der Waals surface area contributed by atoms with Gasteiger partial charge < -0.3 is 10.0 Å². The zero-order chi connectivity index (χ0) is 30.7. The summed E-state index contributed by atoms with van der Waals surface area (Å²) in [6.45, 7) is 0.834. The number of benzene rings is 2. The van der Waals surface area contributed by atoms with Crippen molar-refractivity contribution in [3.63, 3.8) is 0 Å². The van der Waals surface area contributed by atoms with Crippen molar-refractivity contribution in [1.82, 2.24) is 4.90 Å². The predicted molar refractivity (Wildman–Crippen MR) is 139 cm³/mol. The number of aliphatic carboxylic acids is 1. The van der Waals surface area contributed by atoms with E-state index in [0.717, 1.165) is 18.2 Å². The van der Waals surface area contributed by atoms with Gasteiger partial charge in [0.2, 0.25) is 11.6 Å². The minimum Gasteiger partial charge on any atom is -0.481 e. The molecule has 1 saturated heterocycles. The Bertz CT molecular complexity index is 1340. The average molecular weight is 600 g/mol. The van der Waals surface area contributed by atoms with Crippen LogP contribution in [0.5, 0.6) is 0 Å². The molecule has 0 radical (unpaired) electrons. The van der Waals surface area contributed by atoms with E-state index >= 15 is 0 Å². The number of carbonyl (C=O) groups is 2. The Kier molecular flexibility index (Phi) is 7.63. The first kappa shape index (κ1) is 30.4. The maximum Gasteiger partial charge on any atom is 0.426 e. The maximum absolute atomic E-state index is 14.9. The molecule has 1 aliphatic heterocycles. The van der Waals surface area contributed by atoms with Gasteiger partial charge in [0.25, 0.3) is 0 Å². The smallest absolute Gasteiger partial charge is 0.426 e. The highest BCUT2D eigenvalue weighted by molar-refractivity contribution is 5.80. The van der Waals surface area contributed by atoms with E-state index in [2.05, 4.69) is 0 Å². The third-order valence-corrected chi connectivity index (χ3v) is 9.73. The van der Waals surface area contributed by atoms with Crippen LogP contribution >= 0.6 is 0 Å². The molecule has 228 valence electrons. The van der Waals surface area contributed by atoms with Crippen molar-refractivity contribution in [3.8, 4) is 0 Å². The summed E-state index contributed by atoms with van der Waals surface area (Å²) in [5.41, 5.74) is -3.85. The second kappa shape index (κ2) is 10.6. The molecule has 42 heavy (non-hydrogen) atoms. The number of halogens is 7. The van der Waals surface area contributed by atoms with Gasteiger partial charge in [-0.05, 0) is 92.7 Å². The fourth-order valence-electron chi connectivity index (χ4n) is 7.28. The zero-order valence-corrected chi connectivity index (χ0v) is 23.0. The van der Waals surface area contributed by atoms with Crippen molar-refractivity contribution < 1.29 is 45.4 Å². The quantitative estimate of drug-likeness (QED) is 0.365. The minimum atomic E-state index is -5.12. The fourth-order valence-corrected chi connectivity index (χ4v) is 7.28. The Hall–Kier alpha value is -3.11. The normalized spacial score (nSPS) is 27.6. The van der Waals surface area contributed by atoms with E-state index in [4.69, 9.17) is 0 Å². The molecule has 3 atom stereocenters. The summed E-state index contributed by atoms with van der Waals surface area (Å²) in [4.78, 5) is 26.9. The predicted octanol–water partition coefficient (Wildman–Crippen LogP) is 7.37. The van der Waals surface area contributed by atoms with Gasteiger partial charge in [0.15, 0.2) is 0 Å². The Labute approximate surface area is 238 Å². The third-order valence-electron chi connectivity index (χ3n) is 9.73. The van der Waals surface area contributed by atoms with Gasteiger partial charge in [-0.25, -0.2) is 4.39 Å². The molecule has 4 nitrogen and oxygen atoms in total. The van der Waals surface area contributed by atoms with E-state index in [0.29, 0.717) is 75.1 Å². The number of carbonyl (C=O) groups excluding carboxylic acids is 1. The van der Waals surface area contributed by atoms with Gasteiger partial charge in [-0.15, -0.1) is 0 Å². The minimum absolute atomic E-state index is 0.0911. The van der Waals surface area contributed by atoms with Crippen LogP contribution in [0.4, 0.5) is 30.7 Å². The molecule has 0 bridgehead atoms. The molecule has 3 aliphatic rings. The Morgan fingerprint density at radius 3 is 2.05 bits per heavy atom. The lowest BCUT2D eigenvalue weighted by Crippen LogP contribution is -2.51. The summed E-state index contributed by atoms with van der Waals surface area (Å²) in [6, 6.07) is 8.26. The summed E-state index contributed by atoms with van der Waals surface area (Å²) in [5, 5.41) is 9.33. The summed E-state index contributed by atoms with van der Waals surface area (Å²) >= 11 is 0. The van der Waals surface area contributed by atoms with Gasteiger partial charge in [-0.2, -0.15) is 26.3 Å². The number of hydrogen-bond donors (Lipinski definition) is 1. The molecule has 1 amide bonds. The van der Waals surface area contributed by atoms with Gasteiger partial charge in [0.1, 0.15) is 0 Å². The number of carboxylic acid groups (broad SMARTS) is 1. The summed E-state index contributed by atoms with van der Waals surface area (Å²) in [6.07, 6.45) is -6.55. The van der Waals surface area contributed by atoms with E-state index in [-0.39, 0.29) is 24.3 Å². The number of hydrogen-bond acceptors (Lipinski definition) is 2. The molecule has 1 saturated carbocycles. The molecule has 2 aliphatic carbocycles. The van der Waals surface area contributed by atoms with Gasteiger partial charge in [0, 0.05) is 23.9 Å². The van der Waals surface area contributed by atoms with Crippen LogP contribution in [-0.2, 0) is 39.7 Å². The first-order valence-corrected chi connectivity index (χ1v) is 14.1. The number of alkyl halides is 7. The van der Waals surface area contributed by atoms with E-state index in [1.165, 1.54) is 24.3 Å². The van der Waals surface area contributed by atoms with Crippen LogP contribution in [-0.4, -0.2) is 40.6 Å². The molecular formula is C31H32F7NO3. The first-order chi connectivity index (χ1) is 19.5. The number of carboxylic acids is 1. The van der Waals surface area contributed by atoms with E-state index in [9.17, 15) is 45.4 Å². The number of rotatable bonds is 5. The van der Waals surface area contributed by atoms with Crippen LogP contribution in [0.25, 0.3) is 0 Å². The highest BCUT2D eigenvalue weighted by atomic mass is 19.4. The molecule has 3 unspecified atom stereocenters. The highest BCUT2D eigenvalue weighted by Crippen LogP contribution is 2.51. The van der Waals surface area contributed by atoms with E-state index in [1.807, 2.05) is 0 Å². The molecule has 11 heteroatoms. The molecular weight excluding hydrogens is 567 g/mol. The van der Waals surface area contributed by atoms with E-state index < -0.39 is 46.5 Å². The lowest BCUT2D eigenvalue weighted by molar-refractivity contribution is -0.228. The number of fused-ring (bicyclic) bond motifs is 3. The van der Waals surface area contributed by atoms with Gasteiger partial charge in [0.05, 0.1) is 11.5 Å². The van der Waals surface area contributed by atoms with Crippen molar-refractivity contribution in [3.05, 3.63) is 70.3 Å². The molecule has 2 aromatic rings. The van der Waals surface area contributed by atoms with Crippen LogP contribution in [0, 0.1) is 11.8 Å². The first-order valence-electron chi connectivity index (χ1n) is 14.1. The standard InChI is InChI=1S/C31H32F7NO3/c1-28(32,31(36,37)38)23-11-12-24-21(16-23)8-13-25-29(24,17-18-2-9-22(10-3-18)30(33,34)35)14-15-39(25)26(40)19-4-6-20(7-5-19)27(41)42/h2-3,9-12,16,19-20,25H,4-8,13-15,17H2,1H3,(H,41,42). The summed E-state index contributed by atoms with van der Waals surface area (Å²) < 4.78 is 95.0. The Morgan fingerprint density at radius 1 is 0.881 bits per heavy atom. The number of nitrogens with zero attached hydrogens (tertiary/aromatic N) is 1. The SMILES string of the molecule is CC(F)(c1ccc2c(c1)CCC1N(C(=O)C3CCC(C(=O)O)CC3)CCC21Cc1ccc(C(F)(F)F)cc1)C(F)(F)F. The Balaban J connectivity index is 1.50. The third kappa shape index (κ3) is 5.28. The molecule has 5 rings (SSSR count). The number of amides is 1. The molecule has 0 aromatic heterocycles. The van der Waals surface area contributed by atoms with Crippen molar-refractivity contribution in [2.75, 3.05) is 6.54 Å². The number of aryl methyl sites for hydroxylation is 1. The van der Waals surface area contributed by atoms with Crippen LogP contribution in [0.2, 0.25) is 0 Å². The van der Waals surface area contributed by atoms with Gasteiger partial charge in [-0.3, -0.25) is 9.59 Å². The van der Waals surface area contributed by atoms with Crippen LogP contribution in [0.3, 0.4) is 0 Å². The molecule has 2 aromatic carbocycles. The average Bonchev–Trinajstić information content (AvgIpc) is 3.31.